The summed E-state index contributed by atoms with van der Waals surface area (Å²) < 4.78 is 6.61. The van der Waals surface area contributed by atoms with Crippen LogP contribution in [0.3, 0.4) is 0 Å². The zero-order valence-electron chi connectivity index (χ0n) is 13.5. The highest BCUT2D eigenvalue weighted by Gasteiger charge is 2.34. The Morgan fingerprint density at radius 2 is 2.04 bits per heavy atom. The lowest BCUT2D eigenvalue weighted by atomic mass is 10.2. The van der Waals surface area contributed by atoms with Gasteiger partial charge in [0.25, 0.3) is 0 Å². The third kappa shape index (κ3) is 4.20. The minimum absolute atomic E-state index is 0.0648. The minimum Gasteiger partial charge on any atom is -0.394 e. The molecule has 4 N–H and O–H groups in total. The van der Waals surface area contributed by atoms with Gasteiger partial charge >= 0.3 is 11.7 Å². The molecule has 3 rings (SSSR count). The van der Waals surface area contributed by atoms with Crippen molar-refractivity contribution in [2.75, 3.05) is 17.2 Å². The number of carbonyl (C=O) groups is 1. The van der Waals surface area contributed by atoms with E-state index in [0.717, 1.165) is 0 Å². The van der Waals surface area contributed by atoms with Gasteiger partial charge in [-0.15, -0.1) is 0 Å². The van der Waals surface area contributed by atoms with Gasteiger partial charge in [-0.1, -0.05) is 11.6 Å². The quantitative estimate of drug-likeness (QED) is 0.631. The van der Waals surface area contributed by atoms with E-state index in [9.17, 15) is 14.7 Å². The third-order valence-electron chi connectivity index (χ3n) is 3.87. The number of carbonyl (C=O) groups excluding carboxylic acids is 1. The van der Waals surface area contributed by atoms with Crippen LogP contribution in [0.5, 0.6) is 0 Å². The summed E-state index contributed by atoms with van der Waals surface area (Å²) >= 11 is 5.78. The summed E-state index contributed by atoms with van der Waals surface area (Å²) in [5, 5.41) is 24.4. The summed E-state index contributed by atoms with van der Waals surface area (Å²) in [4.78, 5) is 27.9. The first-order valence-electron chi connectivity index (χ1n) is 7.83. The van der Waals surface area contributed by atoms with Gasteiger partial charge in [-0.25, -0.2) is 9.59 Å². The third-order valence-corrected chi connectivity index (χ3v) is 4.12. The number of hydrogen-bond donors (Lipinski definition) is 4. The Labute approximate surface area is 153 Å². The van der Waals surface area contributed by atoms with Crippen LogP contribution in [0, 0.1) is 0 Å². The van der Waals surface area contributed by atoms with Crippen LogP contribution in [0.2, 0.25) is 5.02 Å². The van der Waals surface area contributed by atoms with Crippen molar-refractivity contribution in [2.24, 2.45) is 0 Å². The standard InChI is InChI=1S/C16H17ClN4O5/c17-9-1-3-10(4-2-9)18-15(24)19-13-5-6-21(16(25)20-13)14-7-11(23)12(8-22)26-14/h1-6,11-12,14,22-23H,7-8H2,(H2,18,19,20,24,25)/t11-,12+,14+/m0/s1. The summed E-state index contributed by atoms with van der Waals surface area (Å²) in [6, 6.07) is 7.40. The molecule has 9 nitrogen and oxygen atoms in total. The van der Waals surface area contributed by atoms with E-state index in [0.29, 0.717) is 10.7 Å². The number of aliphatic hydroxyl groups is 2. The van der Waals surface area contributed by atoms with E-state index in [1.807, 2.05) is 0 Å². The maximum absolute atomic E-state index is 12.1. The lowest BCUT2D eigenvalue weighted by Crippen LogP contribution is -2.29. The molecule has 1 aliphatic heterocycles. The van der Waals surface area contributed by atoms with Crippen molar-refractivity contribution in [3.05, 3.63) is 52.0 Å². The van der Waals surface area contributed by atoms with Crippen molar-refractivity contribution in [3.8, 4) is 0 Å². The molecule has 3 atom stereocenters. The number of nitrogens with one attached hydrogen (secondary N) is 2. The molecule has 1 fully saturated rings. The highest BCUT2D eigenvalue weighted by atomic mass is 35.5. The summed E-state index contributed by atoms with van der Waals surface area (Å²) in [5.41, 5.74) is -0.117. The first-order chi connectivity index (χ1) is 12.5. The number of rotatable bonds is 4. The molecule has 2 heterocycles. The van der Waals surface area contributed by atoms with Crippen molar-refractivity contribution >= 4 is 29.1 Å². The lowest BCUT2D eigenvalue weighted by molar-refractivity contribution is -0.0458. The number of halogens is 1. The van der Waals surface area contributed by atoms with Crippen LogP contribution in [-0.2, 0) is 4.74 Å². The Bertz CT molecular complexity index is 841. The van der Waals surface area contributed by atoms with E-state index >= 15 is 0 Å². The molecule has 138 valence electrons. The molecule has 10 heteroatoms. The van der Waals surface area contributed by atoms with Gasteiger partial charge in [-0.05, 0) is 30.3 Å². The van der Waals surface area contributed by atoms with Crippen molar-refractivity contribution in [1.29, 1.82) is 0 Å². The Hall–Kier alpha value is -2.46. The number of amides is 2. The second-order valence-electron chi connectivity index (χ2n) is 5.70. The Balaban J connectivity index is 1.65. The van der Waals surface area contributed by atoms with Crippen LogP contribution < -0.4 is 16.3 Å². The molecule has 0 bridgehead atoms. The number of aliphatic hydroxyl groups excluding tert-OH is 2. The van der Waals surface area contributed by atoms with Crippen molar-refractivity contribution < 1.29 is 19.7 Å². The van der Waals surface area contributed by atoms with Crippen LogP contribution in [0.1, 0.15) is 12.6 Å². The van der Waals surface area contributed by atoms with Crippen molar-refractivity contribution in [3.63, 3.8) is 0 Å². The SMILES string of the molecule is O=C(Nc1ccc(Cl)cc1)Nc1ccn([C@H]2C[C@H](O)[C@@H](CO)O2)c(=O)n1. The van der Waals surface area contributed by atoms with Crippen LogP contribution in [0.15, 0.2) is 41.3 Å². The molecule has 0 aliphatic carbocycles. The monoisotopic (exact) mass is 380 g/mol. The molecule has 0 spiro atoms. The van der Waals surface area contributed by atoms with E-state index in [1.165, 1.54) is 16.8 Å². The second kappa shape index (κ2) is 7.83. The molecule has 0 radical (unpaired) electrons. The van der Waals surface area contributed by atoms with Gasteiger partial charge in [0.15, 0.2) is 0 Å². The lowest BCUT2D eigenvalue weighted by Gasteiger charge is -2.14. The zero-order chi connectivity index (χ0) is 18.7. The molecule has 2 aromatic rings. The van der Waals surface area contributed by atoms with Gasteiger partial charge in [0.1, 0.15) is 18.1 Å². The van der Waals surface area contributed by atoms with Gasteiger partial charge in [0, 0.05) is 23.3 Å². The fourth-order valence-corrected chi connectivity index (χ4v) is 2.69. The smallest absolute Gasteiger partial charge is 0.351 e. The highest BCUT2D eigenvalue weighted by molar-refractivity contribution is 6.30. The molecule has 0 unspecified atom stereocenters. The van der Waals surface area contributed by atoms with E-state index in [-0.39, 0.29) is 18.8 Å². The largest absolute Gasteiger partial charge is 0.394 e. The predicted molar refractivity (Wildman–Crippen MR) is 94.2 cm³/mol. The average molecular weight is 381 g/mol. The summed E-state index contributed by atoms with van der Waals surface area (Å²) in [6.07, 6.45) is -0.755. The number of ether oxygens (including phenoxy) is 1. The fourth-order valence-electron chi connectivity index (χ4n) is 2.56. The Kier molecular flexibility index (Phi) is 5.52. The summed E-state index contributed by atoms with van der Waals surface area (Å²) in [5.74, 6) is 0.0648. The van der Waals surface area contributed by atoms with Gasteiger partial charge in [-0.3, -0.25) is 9.88 Å². The van der Waals surface area contributed by atoms with Gasteiger partial charge in [0.05, 0.1) is 12.7 Å². The predicted octanol–water partition coefficient (Wildman–Crippen LogP) is 1.18. The number of anilines is 2. The molecular formula is C16H17ClN4O5. The minimum atomic E-state index is -0.861. The molecule has 26 heavy (non-hydrogen) atoms. The fraction of sp³-hybridized carbons (Fsp3) is 0.312. The first kappa shape index (κ1) is 18.3. The van der Waals surface area contributed by atoms with E-state index in [4.69, 9.17) is 21.4 Å². The first-order valence-corrected chi connectivity index (χ1v) is 8.21. The number of benzene rings is 1. The van der Waals surface area contributed by atoms with Gasteiger partial charge in [-0.2, -0.15) is 4.98 Å². The van der Waals surface area contributed by atoms with Crippen molar-refractivity contribution in [1.82, 2.24) is 9.55 Å². The summed E-state index contributed by atoms with van der Waals surface area (Å²) in [7, 11) is 0. The molecule has 1 aromatic carbocycles. The Morgan fingerprint density at radius 1 is 1.31 bits per heavy atom. The van der Waals surface area contributed by atoms with E-state index < -0.39 is 30.2 Å². The zero-order valence-corrected chi connectivity index (χ0v) is 14.3. The maximum Gasteiger partial charge on any atom is 0.351 e. The van der Waals surface area contributed by atoms with E-state index in [1.54, 1.807) is 24.3 Å². The molecule has 1 saturated heterocycles. The number of hydrogen-bond acceptors (Lipinski definition) is 6. The second-order valence-corrected chi connectivity index (χ2v) is 6.14. The van der Waals surface area contributed by atoms with Gasteiger partial charge < -0.3 is 20.3 Å². The highest BCUT2D eigenvalue weighted by Crippen LogP contribution is 2.27. The van der Waals surface area contributed by atoms with Crippen LogP contribution >= 0.6 is 11.6 Å². The van der Waals surface area contributed by atoms with Crippen LogP contribution in [-0.4, -0.2) is 44.6 Å². The topological polar surface area (TPSA) is 126 Å². The average Bonchev–Trinajstić information content (AvgIpc) is 2.97. The normalized spacial score (nSPS) is 22.2. The van der Waals surface area contributed by atoms with Crippen molar-refractivity contribution in [2.45, 2.75) is 24.9 Å². The van der Waals surface area contributed by atoms with Crippen LogP contribution in [0.4, 0.5) is 16.3 Å². The molecule has 2 amide bonds. The maximum atomic E-state index is 12.1. The number of nitrogens with zero attached hydrogens (tertiary/aromatic N) is 2. The summed E-state index contributed by atoms with van der Waals surface area (Å²) in [6.45, 7) is -0.343. The molecule has 1 aromatic heterocycles. The van der Waals surface area contributed by atoms with E-state index in [2.05, 4.69) is 15.6 Å². The van der Waals surface area contributed by atoms with Gasteiger partial charge in [0.2, 0.25) is 0 Å². The number of aromatic nitrogens is 2. The molecule has 0 saturated carbocycles. The number of urea groups is 1. The molecular weight excluding hydrogens is 364 g/mol. The Morgan fingerprint density at radius 3 is 2.65 bits per heavy atom. The van der Waals surface area contributed by atoms with Crippen LogP contribution in [0.25, 0.3) is 0 Å². The molecule has 1 aliphatic rings.